The van der Waals surface area contributed by atoms with E-state index in [0.717, 1.165) is 29.4 Å². The number of halogens is 1. The fourth-order valence-electron chi connectivity index (χ4n) is 3.11. The summed E-state index contributed by atoms with van der Waals surface area (Å²) in [7, 11) is 0. The lowest BCUT2D eigenvalue weighted by atomic mass is 10.1. The third-order valence-electron chi connectivity index (χ3n) is 4.67. The van der Waals surface area contributed by atoms with Crippen molar-refractivity contribution >= 4 is 34.8 Å². The molecule has 26 heavy (non-hydrogen) atoms. The number of nitrogens with one attached hydrogen (secondary N) is 1. The van der Waals surface area contributed by atoms with E-state index in [9.17, 15) is 9.59 Å². The van der Waals surface area contributed by atoms with E-state index in [0.29, 0.717) is 24.3 Å². The molecule has 136 valence electrons. The summed E-state index contributed by atoms with van der Waals surface area (Å²) in [4.78, 5) is 28.0. The third kappa shape index (κ3) is 3.99. The number of rotatable bonds is 3. The van der Waals surface area contributed by atoms with Crippen molar-refractivity contribution in [3.63, 3.8) is 0 Å². The van der Waals surface area contributed by atoms with Crippen LogP contribution in [0.4, 0.5) is 16.2 Å². The minimum Gasteiger partial charge on any atom is -0.368 e. The summed E-state index contributed by atoms with van der Waals surface area (Å²) in [5.74, 6) is -0.0217. The van der Waals surface area contributed by atoms with Crippen LogP contribution >= 0.6 is 11.6 Å². The summed E-state index contributed by atoms with van der Waals surface area (Å²) in [5.41, 5.74) is 3.40. The van der Waals surface area contributed by atoms with Gasteiger partial charge >= 0.3 is 6.03 Å². The SMILES string of the molecule is CC(=O)c1cccc(NC(=O)N2CCN(c3cccc(Cl)c3C)CC2)c1. The smallest absolute Gasteiger partial charge is 0.321 e. The number of urea groups is 1. The van der Waals surface area contributed by atoms with Crippen molar-refractivity contribution in [2.75, 3.05) is 36.4 Å². The normalized spacial score (nSPS) is 14.3. The number of hydrogen-bond donors (Lipinski definition) is 1. The van der Waals surface area contributed by atoms with E-state index < -0.39 is 0 Å². The van der Waals surface area contributed by atoms with Gasteiger partial charge in [0.2, 0.25) is 0 Å². The first-order valence-corrected chi connectivity index (χ1v) is 9.00. The van der Waals surface area contributed by atoms with Gasteiger partial charge in [0.1, 0.15) is 0 Å². The van der Waals surface area contributed by atoms with Gasteiger partial charge in [-0.05, 0) is 43.7 Å². The Morgan fingerprint density at radius 3 is 2.42 bits per heavy atom. The molecular formula is C20H22ClN3O2. The van der Waals surface area contributed by atoms with Gasteiger partial charge in [-0.15, -0.1) is 0 Å². The highest BCUT2D eigenvalue weighted by Crippen LogP contribution is 2.27. The fraction of sp³-hybridized carbons (Fsp3) is 0.300. The number of amides is 2. The maximum Gasteiger partial charge on any atom is 0.321 e. The molecule has 1 fully saturated rings. The quantitative estimate of drug-likeness (QED) is 0.822. The van der Waals surface area contributed by atoms with Crippen LogP contribution in [0.5, 0.6) is 0 Å². The predicted octanol–water partition coefficient (Wildman–Crippen LogP) is 4.21. The van der Waals surface area contributed by atoms with Gasteiger partial charge in [0, 0.05) is 48.1 Å². The lowest BCUT2D eigenvalue weighted by Gasteiger charge is -2.36. The van der Waals surface area contributed by atoms with Crippen LogP contribution < -0.4 is 10.2 Å². The summed E-state index contributed by atoms with van der Waals surface area (Å²) in [5, 5.41) is 3.63. The molecule has 5 nitrogen and oxygen atoms in total. The minimum absolute atomic E-state index is 0.0217. The molecule has 0 spiro atoms. The Kier molecular flexibility index (Phi) is 5.47. The van der Waals surface area contributed by atoms with Crippen molar-refractivity contribution in [1.29, 1.82) is 0 Å². The van der Waals surface area contributed by atoms with Crippen LogP contribution in [0.25, 0.3) is 0 Å². The van der Waals surface area contributed by atoms with Crippen LogP contribution in [0, 0.1) is 6.92 Å². The zero-order chi connectivity index (χ0) is 18.7. The number of nitrogens with zero attached hydrogens (tertiary/aromatic N) is 2. The average Bonchev–Trinajstić information content (AvgIpc) is 2.64. The summed E-state index contributed by atoms with van der Waals surface area (Å²) in [6, 6.07) is 12.8. The fourth-order valence-corrected chi connectivity index (χ4v) is 3.28. The largest absolute Gasteiger partial charge is 0.368 e. The van der Waals surface area contributed by atoms with E-state index in [1.807, 2.05) is 19.1 Å². The lowest BCUT2D eigenvalue weighted by Crippen LogP contribution is -2.50. The minimum atomic E-state index is -0.145. The maximum absolute atomic E-state index is 12.5. The highest BCUT2D eigenvalue weighted by molar-refractivity contribution is 6.31. The Balaban J connectivity index is 1.61. The molecule has 1 aliphatic heterocycles. The molecule has 0 radical (unpaired) electrons. The molecule has 2 aromatic rings. The molecular weight excluding hydrogens is 350 g/mol. The molecule has 2 amide bonds. The first-order chi connectivity index (χ1) is 12.5. The Hall–Kier alpha value is -2.53. The topological polar surface area (TPSA) is 52.7 Å². The molecule has 0 saturated carbocycles. The number of anilines is 2. The molecule has 0 bridgehead atoms. The zero-order valence-corrected chi connectivity index (χ0v) is 15.7. The number of carbonyl (C=O) groups is 2. The van der Waals surface area contributed by atoms with Gasteiger partial charge in [-0.1, -0.05) is 29.8 Å². The number of hydrogen-bond acceptors (Lipinski definition) is 3. The molecule has 1 heterocycles. The molecule has 0 atom stereocenters. The van der Waals surface area contributed by atoms with Crippen LogP contribution in [0.3, 0.4) is 0 Å². The van der Waals surface area contributed by atoms with E-state index in [4.69, 9.17) is 11.6 Å². The van der Waals surface area contributed by atoms with E-state index in [1.54, 1.807) is 29.2 Å². The van der Waals surface area contributed by atoms with Crippen molar-refractivity contribution < 1.29 is 9.59 Å². The summed E-state index contributed by atoms with van der Waals surface area (Å²) in [6.07, 6.45) is 0. The molecule has 1 aliphatic rings. The number of Topliss-reactive ketones (excluding diaryl/α,β-unsaturated/α-hetero) is 1. The van der Waals surface area contributed by atoms with Crippen molar-refractivity contribution in [3.05, 3.63) is 58.6 Å². The second kappa shape index (κ2) is 7.79. The lowest BCUT2D eigenvalue weighted by molar-refractivity contribution is 0.101. The van der Waals surface area contributed by atoms with Gasteiger partial charge in [0.25, 0.3) is 0 Å². The predicted molar refractivity (Wildman–Crippen MR) is 105 cm³/mol. The summed E-state index contributed by atoms with van der Waals surface area (Å²) in [6.45, 7) is 6.29. The second-order valence-electron chi connectivity index (χ2n) is 6.43. The van der Waals surface area contributed by atoms with Crippen molar-refractivity contribution in [1.82, 2.24) is 4.90 Å². The van der Waals surface area contributed by atoms with Crippen LogP contribution in [-0.4, -0.2) is 42.9 Å². The van der Waals surface area contributed by atoms with Crippen molar-refractivity contribution in [2.24, 2.45) is 0 Å². The first kappa shape index (κ1) is 18.3. The first-order valence-electron chi connectivity index (χ1n) is 8.62. The second-order valence-corrected chi connectivity index (χ2v) is 6.83. The van der Waals surface area contributed by atoms with Crippen LogP contribution in [-0.2, 0) is 0 Å². The Morgan fingerprint density at radius 1 is 1.04 bits per heavy atom. The van der Waals surface area contributed by atoms with Gasteiger partial charge in [-0.2, -0.15) is 0 Å². The molecule has 0 aromatic heterocycles. The number of benzene rings is 2. The summed E-state index contributed by atoms with van der Waals surface area (Å²) < 4.78 is 0. The third-order valence-corrected chi connectivity index (χ3v) is 5.08. The highest BCUT2D eigenvalue weighted by atomic mass is 35.5. The zero-order valence-electron chi connectivity index (χ0n) is 15.0. The van der Waals surface area contributed by atoms with E-state index in [1.165, 1.54) is 6.92 Å². The molecule has 1 N–H and O–H groups in total. The Labute approximate surface area is 158 Å². The molecule has 1 saturated heterocycles. The highest BCUT2D eigenvalue weighted by Gasteiger charge is 2.22. The number of carbonyl (C=O) groups excluding carboxylic acids is 2. The van der Waals surface area contributed by atoms with E-state index in [2.05, 4.69) is 16.3 Å². The molecule has 6 heteroatoms. The van der Waals surface area contributed by atoms with E-state index in [-0.39, 0.29) is 11.8 Å². The average molecular weight is 372 g/mol. The molecule has 3 rings (SSSR count). The van der Waals surface area contributed by atoms with Gasteiger partial charge in [-0.25, -0.2) is 4.79 Å². The van der Waals surface area contributed by atoms with Crippen LogP contribution in [0.15, 0.2) is 42.5 Å². The maximum atomic E-state index is 12.5. The van der Waals surface area contributed by atoms with Gasteiger partial charge in [0.15, 0.2) is 5.78 Å². The van der Waals surface area contributed by atoms with Crippen molar-refractivity contribution in [2.45, 2.75) is 13.8 Å². The monoisotopic (exact) mass is 371 g/mol. The van der Waals surface area contributed by atoms with Crippen molar-refractivity contribution in [3.8, 4) is 0 Å². The van der Waals surface area contributed by atoms with Crippen LogP contribution in [0.2, 0.25) is 5.02 Å². The van der Waals surface area contributed by atoms with Gasteiger partial charge < -0.3 is 15.1 Å². The Bertz CT molecular complexity index is 830. The summed E-state index contributed by atoms with van der Waals surface area (Å²) >= 11 is 6.21. The number of piperazine rings is 1. The molecule has 0 unspecified atom stereocenters. The van der Waals surface area contributed by atoms with E-state index >= 15 is 0 Å². The molecule has 0 aliphatic carbocycles. The molecule has 2 aromatic carbocycles. The van der Waals surface area contributed by atoms with Crippen LogP contribution in [0.1, 0.15) is 22.8 Å². The standard InChI is InChI=1S/C20H22ClN3O2/c1-14-18(21)7-4-8-19(14)23-9-11-24(12-10-23)20(26)22-17-6-3-5-16(13-17)15(2)25/h3-8,13H,9-12H2,1-2H3,(H,22,26). The number of ketones is 1. The van der Waals surface area contributed by atoms with Gasteiger partial charge in [-0.3, -0.25) is 4.79 Å². The Morgan fingerprint density at radius 2 is 1.73 bits per heavy atom. The van der Waals surface area contributed by atoms with Gasteiger partial charge in [0.05, 0.1) is 0 Å².